The van der Waals surface area contributed by atoms with Crippen molar-refractivity contribution in [2.45, 2.75) is 24.0 Å². The van der Waals surface area contributed by atoms with Gasteiger partial charge in [-0.05, 0) is 50.2 Å². The second kappa shape index (κ2) is 12.9. The van der Waals surface area contributed by atoms with Gasteiger partial charge in [-0.2, -0.15) is 5.01 Å². The molecule has 1 unspecified atom stereocenters. The van der Waals surface area contributed by atoms with E-state index in [4.69, 9.17) is 9.47 Å². The summed E-state index contributed by atoms with van der Waals surface area (Å²) >= 11 is 0.861. The van der Waals surface area contributed by atoms with Crippen LogP contribution in [0.3, 0.4) is 0 Å². The predicted octanol–water partition coefficient (Wildman–Crippen LogP) is 4.20. The molecule has 2 amide bonds. The molecule has 1 aliphatic heterocycles. The molecule has 0 aromatic heterocycles. The Morgan fingerprint density at radius 3 is 2.07 bits per heavy atom. The van der Waals surface area contributed by atoms with Gasteiger partial charge in [0.25, 0.3) is 17.5 Å². The molecule has 3 aromatic carbocycles. The number of carbonyl (C=O) groups is 4. The van der Waals surface area contributed by atoms with Gasteiger partial charge >= 0.3 is 11.9 Å². The first-order valence-electron chi connectivity index (χ1n) is 12.4. The number of benzene rings is 3. The van der Waals surface area contributed by atoms with Gasteiger partial charge in [-0.25, -0.2) is 9.59 Å². The van der Waals surface area contributed by atoms with E-state index in [0.29, 0.717) is 5.69 Å². The third-order valence-corrected chi connectivity index (χ3v) is 6.92. The van der Waals surface area contributed by atoms with E-state index in [9.17, 15) is 29.3 Å². The smallest absolute Gasteiger partial charge is 0.338 e. The van der Waals surface area contributed by atoms with Crippen LogP contribution in [0.5, 0.6) is 0 Å². The SMILES string of the molecule is CCOC(=O)c1cc(C(=O)NC2=NN(c3ccccc3)C(=O)C2Sc2ccccc2[N+](=O)[O-])cc(C(=O)OCC)c1. The number of esters is 2. The second-order valence-electron chi connectivity index (χ2n) is 8.39. The van der Waals surface area contributed by atoms with Crippen LogP contribution in [-0.4, -0.2) is 53.0 Å². The van der Waals surface area contributed by atoms with E-state index < -0.39 is 33.9 Å². The van der Waals surface area contributed by atoms with Gasteiger partial charge in [0.2, 0.25) is 0 Å². The summed E-state index contributed by atoms with van der Waals surface area (Å²) in [6.07, 6.45) is 0. The molecule has 1 atom stereocenters. The summed E-state index contributed by atoms with van der Waals surface area (Å²) in [6.45, 7) is 3.37. The normalized spacial score (nSPS) is 14.3. The van der Waals surface area contributed by atoms with E-state index in [-0.39, 0.29) is 46.3 Å². The van der Waals surface area contributed by atoms with Gasteiger partial charge < -0.3 is 14.8 Å². The maximum absolute atomic E-state index is 13.5. The first-order valence-corrected chi connectivity index (χ1v) is 13.3. The number of hydrogen-bond donors (Lipinski definition) is 1. The minimum Gasteiger partial charge on any atom is -0.462 e. The third-order valence-electron chi connectivity index (χ3n) is 5.66. The molecule has 1 aliphatic rings. The Hall–Kier alpha value is -5.04. The van der Waals surface area contributed by atoms with Crippen LogP contribution < -0.4 is 10.3 Å². The van der Waals surface area contributed by atoms with Crippen LogP contribution in [0.15, 0.2) is 82.8 Å². The summed E-state index contributed by atoms with van der Waals surface area (Å²) in [5.41, 5.74) is 0.00741. The standard InChI is InChI=1S/C28H24N4O8S/c1-3-39-27(35)18-14-17(15-19(16-18)28(36)40-4-2)25(33)29-24-23(41-22-13-9-8-12-21(22)32(37)38)26(34)31(30-24)20-10-6-5-7-11-20/h5-16,23H,3-4H2,1-2H3,(H,29,30,33). The number of hydrazone groups is 1. The highest BCUT2D eigenvalue weighted by atomic mass is 32.2. The highest BCUT2D eigenvalue weighted by Crippen LogP contribution is 2.36. The summed E-state index contributed by atoms with van der Waals surface area (Å²) in [5.74, 6) is -2.91. The number of amidine groups is 1. The van der Waals surface area contributed by atoms with Gasteiger partial charge in [0.15, 0.2) is 11.1 Å². The summed E-state index contributed by atoms with van der Waals surface area (Å²) in [4.78, 5) is 63.1. The average Bonchev–Trinajstić information content (AvgIpc) is 3.27. The van der Waals surface area contributed by atoms with Crippen molar-refractivity contribution in [1.29, 1.82) is 0 Å². The van der Waals surface area contributed by atoms with E-state index in [0.717, 1.165) is 16.8 Å². The number of nitrogens with one attached hydrogen (secondary N) is 1. The van der Waals surface area contributed by atoms with E-state index in [1.165, 1.54) is 36.4 Å². The van der Waals surface area contributed by atoms with Gasteiger partial charge in [0.05, 0.1) is 39.8 Å². The number of para-hydroxylation sites is 2. The molecule has 0 fully saturated rings. The summed E-state index contributed by atoms with van der Waals surface area (Å²) < 4.78 is 10.1. The van der Waals surface area contributed by atoms with Crippen LogP contribution in [0.1, 0.15) is 44.9 Å². The van der Waals surface area contributed by atoms with Crippen molar-refractivity contribution in [3.8, 4) is 0 Å². The number of rotatable bonds is 9. The van der Waals surface area contributed by atoms with Crippen molar-refractivity contribution in [2.24, 2.45) is 5.10 Å². The molecule has 41 heavy (non-hydrogen) atoms. The maximum atomic E-state index is 13.5. The van der Waals surface area contributed by atoms with Crippen LogP contribution in [0.4, 0.5) is 11.4 Å². The number of nitro groups is 1. The first kappa shape index (κ1) is 29.0. The van der Waals surface area contributed by atoms with E-state index >= 15 is 0 Å². The Morgan fingerprint density at radius 1 is 0.927 bits per heavy atom. The fraction of sp³-hybridized carbons (Fsp3) is 0.179. The minimum absolute atomic E-state index is 0.0521. The molecule has 0 spiro atoms. The lowest BCUT2D eigenvalue weighted by Crippen LogP contribution is -2.39. The molecule has 12 nitrogen and oxygen atoms in total. The zero-order valence-corrected chi connectivity index (χ0v) is 22.8. The minimum atomic E-state index is -1.15. The van der Waals surface area contributed by atoms with E-state index in [1.54, 1.807) is 50.2 Å². The summed E-state index contributed by atoms with van der Waals surface area (Å²) in [6, 6.07) is 18.1. The Balaban J connectivity index is 1.71. The van der Waals surface area contributed by atoms with Crippen molar-refractivity contribution < 1.29 is 33.6 Å². The molecule has 1 heterocycles. The van der Waals surface area contributed by atoms with Gasteiger partial charge in [0, 0.05) is 11.6 Å². The fourth-order valence-corrected chi connectivity index (χ4v) is 4.93. The topological polar surface area (TPSA) is 158 Å². The third kappa shape index (κ3) is 6.58. The number of hydrogen-bond acceptors (Lipinski definition) is 10. The van der Waals surface area contributed by atoms with Crippen LogP contribution >= 0.6 is 11.8 Å². The number of nitrogens with zero attached hydrogens (tertiary/aromatic N) is 3. The van der Waals surface area contributed by atoms with Gasteiger partial charge in [-0.1, -0.05) is 42.1 Å². The number of ether oxygens (including phenoxy) is 2. The van der Waals surface area contributed by atoms with Crippen LogP contribution in [0, 0.1) is 10.1 Å². The Morgan fingerprint density at radius 2 is 1.49 bits per heavy atom. The Labute approximate surface area is 238 Å². The number of carbonyl (C=O) groups excluding carboxylic acids is 4. The molecule has 13 heteroatoms. The Kier molecular flexibility index (Phi) is 9.09. The molecule has 3 aromatic rings. The largest absolute Gasteiger partial charge is 0.462 e. The van der Waals surface area contributed by atoms with Gasteiger partial charge in [-0.15, -0.1) is 5.10 Å². The molecular weight excluding hydrogens is 552 g/mol. The summed E-state index contributed by atoms with van der Waals surface area (Å²) in [5, 5.41) is 18.5. The van der Waals surface area contributed by atoms with Crippen molar-refractivity contribution in [1.82, 2.24) is 5.32 Å². The highest BCUT2D eigenvalue weighted by Gasteiger charge is 2.40. The number of amides is 2. The number of nitro benzene ring substituents is 1. The molecule has 0 saturated heterocycles. The quantitative estimate of drug-likeness (QED) is 0.224. The monoisotopic (exact) mass is 576 g/mol. The lowest BCUT2D eigenvalue weighted by Gasteiger charge is -2.14. The van der Waals surface area contributed by atoms with Gasteiger partial charge in [0.1, 0.15) is 0 Å². The Bertz CT molecular complexity index is 1510. The molecule has 1 N–H and O–H groups in total. The molecular formula is C28H24N4O8S. The zero-order valence-electron chi connectivity index (χ0n) is 21.9. The van der Waals surface area contributed by atoms with Gasteiger partial charge in [-0.3, -0.25) is 19.7 Å². The second-order valence-corrected chi connectivity index (χ2v) is 9.53. The molecule has 0 bridgehead atoms. The summed E-state index contributed by atoms with van der Waals surface area (Å²) in [7, 11) is 0. The van der Waals surface area contributed by atoms with Crippen molar-refractivity contribution >= 4 is 52.7 Å². The highest BCUT2D eigenvalue weighted by molar-refractivity contribution is 8.01. The molecule has 0 saturated carbocycles. The molecule has 210 valence electrons. The van der Waals surface area contributed by atoms with Crippen molar-refractivity contribution in [2.75, 3.05) is 18.2 Å². The van der Waals surface area contributed by atoms with E-state index in [2.05, 4.69) is 10.4 Å². The molecule has 0 radical (unpaired) electrons. The van der Waals surface area contributed by atoms with Crippen LogP contribution in [0.25, 0.3) is 0 Å². The van der Waals surface area contributed by atoms with Crippen molar-refractivity contribution in [3.05, 3.63) is 99.6 Å². The fourth-order valence-electron chi connectivity index (χ4n) is 3.83. The number of anilines is 1. The molecule has 4 rings (SSSR count). The first-order chi connectivity index (χ1) is 19.7. The van der Waals surface area contributed by atoms with E-state index in [1.807, 2.05) is 0 Å². The van der Waals surface area contributed by atoms with Crippen LogP contribution in [0.2, 0.25) is 0 Å². The number of thioether (sulfide) groups is 1. The maximum Gasteiger partial charge on any atom is 0.338 e. The zero-order chi connectivity index (χ0) is 29.5. The average molecular weight is 577 g/mol. The lowest BCUT2D eigenvalue weighted by atomic mass is 10.0. The van der Waals surface area contributed by atoms with Crippen molar-refractivity contribution in [3.63, 3.8) is 0 Å². The molecule has 0 aliphatic carbocycles. The predicted molar refractivity (Wildman–Crippen MR) is 150 cm³/mol. The lowest BCUT2D eigenvalue weighted by molar-refractivity contribution is -0.387. The van der Waals surface area contributed by atoms with Crippen LogP contribution in [-0.2, 0) is 14.3 Å².